The van der Waals surface area contributed by atoms with Crippen molar-refractivity contribution in [1.29, 1.82) is 0 Å². The number of H-pyrrole nitrogens is 1. The highest BCUT2D eigenvalue weighted by atomic mass is 35.5. The minimum absolute atomic E-state index is 0.196. The van der Waals surface area contributed by atoms with Gasteiger partial charge in [0.05, 0.1) is 4.90 Å². The molecular weight excluding hydrogens is 307 g/mol. The van der Waals surface area contributed by atoms with Crippen LogP contribution in [0.3, 0.4) is 0 Å². The zero-order chi connectivity index (χ0) is 14.8. The molecule has 5 nitrogen and oxygen atoms in total. The van der Waals surface area contributed by atoms with Gasteiger partial charge in [-0.05, 0) is 12.1 Å². The van der Waals surface area contributed by atoms with Gasteiger partial charge < -0.3 is 4.98 Å². The number of hydrogen-bond acceptors (Lipinski definition) is 3. The fraction of sp³-hybridized carbons (Fsp3) is 0.0833. The van der Waals surface area contributed by atoms with E-state index < -0.39 is 21.4 Å². The predicted molar refractivity (Wildman–Crippen MR) is 72.5 cm³/mol. The molecule has 0 saturated carbocycles. The Hall–Kier alpha value is -1.70. The van der Waals surface area contributed by atoms with Crippen LogP contribution in [0.2, 0.25) is 5.02 Å². The number of halogens is 2. The molecule has 0 unspecified atom stereocenters. The van der Waals surface area contributed by atoms with Crippen LogP contribution in [0.5, 0.6) is 0 Å². The standard InChI is InChI=1S/C12H10ClFN2O3S/c13-10-5-9(7-15-12(10)17)20(18,19)16-6-8-3-1-2-4-11(8)14/h1-5,7,16H,6H2,(H,15,17). The zero-order valence-corrected chi connectivity index (χ0v) is 11.6. The fourth-order valence-corrected chi connectivity index (χ4v) is 2.73. The van der Waals surface area contributed by atoms with Gasteiger partial charge in [0.15, 0.2) is 0 Å². The molecule has 8 heteroatoms. The van der Waals surface area contributed by atoms with Gasteiger partial charge >= 0.3 is 0 Å². The van der Waals surface area contributed by atoms with Crippen molar-refractivity contribution >= 4 is 21.6 Å². The molecule has 0 amide bonds. The van der Waals surface area contributed by atoms with Crippen LogP contribution in [0.4, 0.5) is 4.39 Å². The molecule has 0 radical (unpaired) electrons. The maximum absolute atomic E-state index is 13.4. The quantitative estimate of drug-likeness (QED) is 0.900. The maximum atomic E-state index is 13.4. The Morgan fingerprint density at radius 3 is 2.65 bits per heavy atom. The summed E-state index contributed by atoms with van der Waals surface area (Å²) in [5.74, 6) is -0.505. The first-order valence-corrected chi connectivity index (χ1v) is 7.37. The van der Waals surface area contributed by atoms with E-state index >= 15 is 0 Å². The van der Waals surface area contributed by atoms with Crippen LogP contribution >= 0.6 is 11.6 Å². The lowest BCUT2D eigenvalue weighted by atomic mass is 10.2. The maximum Gasteiger partial charge on any atom is 0.266 e. The Morgan fingerprint density at radius 1 is 1.30 bits per heavy atom. The largest absolute Gasteiger partial charge is 0.326 e. The summed E-state index contributed by atoms with van der Waals surface area (Å²) >= 11 is 5.57. The van der Waals surface area contributed by atoms with E-state index in [0.717, 1.165) is 12.3 Å². The van der Waals surface area contributed by atoms with Crippen LogP contribution in [0, 0.1) is 5.82 Å². The summed E-state index contributed by atoms with van der Waals surface area (Å²) in [7, 11) is -3.89. The van der Waals surface area contributed by atoms with Crippen molar-refractivity contribution in [3.05, 3.63) is 63.3 Å². The number of pyridine rings is 1. The normalized spacial score (nSPS) is 11.5. The first-order chi connectivity index (χ1) is 9.40. The van der Waals surface area contributed by atoms with Crippen LogP contribution in [0.25, 0.3) is 0 Å². The van der Waals surface area contributed by atoms with Gasteiger partial charge in [0.1, 0.15) is 10.8 Å². The molecule has 2 N–H and O–H groups in total. The van der Waals surface area contributed by atoms with Crippen LogP contribution in [-0.4, -0.2) is 13.4 Å². The molecule has 0 aliphatic rings. The van der Waals surface area contributed by atoms with Crippen molar-refractivity contribution in [1.82, 2.24) is 9.71 Å². The topological polar surface area (TPSA) is 79.0 Å². The molecule has 0 bridgehead atoms. The van der Waals surface area contributed by atoms with Crippen molar-refractivity contribution in [3.63, 3.8) is 0 Å². The average molecular weight is 317 g/mol. The van der Waals surface area contributed by atoms with Gasteiger partial charge in [0.2, 0.25) is 10.0 Å². The van der Waals surface area contributed by atoms with Crippen molar-refractivity contribution in [2.45, 2.75) is 11.4 Å². The molecule has 0 aliphatic carbocycles. The minimum Gasteiger partial charge on any atom is -0.326 e. The first-order valence-electron chi connectivity index (χ1n) is 5.51. The monoisotopic (exact) mass is 316 g/mol. The molecule has 1 aromatic heterocycles. The molecule has 0 saturated heterocycles. The predicted octanol–water partition coefficient (Wildman–Crippen LogP) is 1.65. The van der Waals surface area contributed by atoms with E-state index in [1.165, 1.54) is 18.2 Å². The van der Waals surface area contributed by atoms with E-state index in [0.29, 0.717) is 0 Å². The van der Waals surface area contributed by atoms with E-state index in [1.807, 2.05) is 0 Å². The van der Waals surface area contributed by atoms with E-state index in [4.69, 9.17) is 11.6 Å². The number of aromatic nitrogens is 1. The summed E-state index contributed by atoms with van der Waals surface area (Å²) < 4.78 is 39.5. The number of rotatable bonds is 4. The third-order valence-electron chi connectivity index (χ3n) is 2.55. The Balaban J connectivity index is 2.21. The SMILES string of the molecule is O=c1[nH]cc(S(=O)(=O)NCc2ccccc2F)cc1Cl. The molecule has 2 aromatic rings. The molecule has 0 fully saturated rings. The van der Waals surface area contributed by atoms with Gasteiger partial charge in [-0.2, -0.15) is 0 Å². The molecule has 1 heterocycles. The Morgan fingerprint density at radius 2 is 2.00 bits per heavy atom. The summed E-state index contributed by atoms with van der Waals surface area (Å²) in [6.45, 7) is -0.203. The highest BCUT2D eigenvalue weighted by molar-refractivity contribution is 7.89. The summed E-state index contributed by atoms with van der Waals surface area (Å²) in [5.41, 5.74) is -0.369. The first kappa shape index (κ1) is 14.7. The number of sulfonamides is 1. The Kier molecular flexibility index (Phi) is 4.22. The third kappa shape index (κ3) is 3.24. The second-order valence-electron chi connectivity index (χ2n) is 3.93. The summed E-state index contributed by atoms with van der Waals surface area (Å²) in [6, 6.07) is 6.85. The lowest BCUT2D eigenvalue weighted by molar-refractivity contribution is 0.574. The summed E-state index contributed by atoms with van der Waals surface area (Å²) in [4.78, 5) is 13.1. The van der Waals surface area contributed by atoms with E-state index in [9.17, 15) is 17.6 Å². The van der Waals surface area contributed by atoms with Crippen LogP contribution in [0.1, 0.15) is 5.56 Å². The van der Waals surface area contributed by atoms with Gasteiger partial charge in [0.25, 0.3) is 5.56 Å². The third-order valence-corrected chi connectivity index (χ3v) is 4.21. The summed E-state index contributed by atoms with van der Waals surface area (Å²) in [6.07, 6.45) is 1.03. The van der Waals surface area contributed by atoms with Crippen LogP contribution in [0.15, 0.2) is 46.2 Å². The molecule has 0 atom stereocenters. The Labute approximate surface area is 119 Å². The van der Waals surface area contributed by atoms with Gasteiger partial charge in [-0.3, -0.25) is 4.79 Å². The molecule has 0 aliphatic heterocycles. The zero-order valence-electron chi connectivity index (χ0n) is 10.1. The summed E-state index contributed by atoms with van der Waals surface area (Å²) in [5, 5.41) is -0.237. The second kappa shape index (κ2) is 5.74. The number of nitrogens with one attached hydrogen (secondary N) is 2. The lowest BCUT2D eigenvalue weighted by Crippen LogP contribution is -2.24. The van der Waals surface area contributed by atoms with Gasteiger partial charge in [-0.15, -0.1) is 0 Å². The molecular formula is C12H10ClFN2O3S. The Bertz CT molecular complexity index is 789. The highest BCUT2D eigenvalue weighted by Crippen LogP contribution is 2.12. The van der Waals surface area contributed by atoms with E-state index in [1.54, 1.807) is 6.07 Å². The number of benzene rings is 1. The van der Waals surface area contributed by atoms with Crippen molar-refractivity contribution < 1.29 is 12.8 Å². The molecule has 2 rings (SSSR count). The van der Waals surface area contributed by atoms with Gasteiger partial charge in [0, 0.05) is 18.3 Å². The second-order valence-corrected chi connectivity index (χ2v) is 6.10. The molecule has 106 valence electrons. The van der Waals surface area contributed by atoms with Crippen molar-refractivity contribution in [3.8, 4) is 0 Å². The average Bonchev–Trinajstić information content (AvgIpc) is 2.41. The smallest absolute Gasteiger partial charge is 0.266 e. The van der Waals surface area contributed by atoms with Gasteiger partial charge in [-0.25, -0.2) is 17.5 Å². The number of aromatic amines is 1. The fourth-order valence-electron chi connectivity index (χ4n) is 1.49. The van der Waals surface area contributed by atoms with Crippen LogP contribution in [-0.2, 0) is 16.6 Å². The van der Waals surface area contributed by atoms with Crippen molar-refractivity contribution in [2.24, 2.45) is 0 Å². The lowest BCUT2D eigenvalue weighted by Gasteiger charge is -2.07. The highest BCUT2D eigenvalue weighted by Gasteiger charge is 2.16. The molecule has 20 heavy (non-hydrogen) atoms. The van der Waals surface area contributed by atoms with Crippen molar-refractivity contribution in [2.75, 3.05) is 0 Å². The molecule has 0 spiro atoms. The van der Waals surface area contributed by atoms with Gasteiger partial charge in [-0.1, -0.05) is 29.8 Å². The number of hydrogen-bond donors (Lipinski definition) is 2. The minimum atomic E-state index is -3.89. The van der Waals surface area contributed by atoms with Crippen LogP contribution < -0.4 is 10.3 Å². The molecule has 1 aromatic carbocycles. The van der Waals surface area contributed by atoms with E-state index in [-0.39, 0.29) is 22.0 Å². The van der Waals surface area contributed by atoms with E-state index in [2.05, 4.69) is 9.71 Å².